The minimum Gasteiger partial charge on any atom is -0.405 e. The van der Waals surface area contributed by atoms with Crippen LogP contribution in [0.2, 0.25) is 0 Å². The van der Waals surface area contributed by atoms with E-state index in [4.69, 9.17) is 0 Å². The third kappa shape index (κ3) is 3.19. The van der Waals surface area contributed by atoms with Crippen molar-refractivity contribution in [3.05, 3.63) is 40.4 Å². The molecule has 0 atom stereocenters. The Morgan fingerprint density at radius 2 is 2.00 bits per heavy atom. The molecule has 0 aliphatic carbocycles. The Morgan fingerprint density at radius 1 is 1.38 bits per heavy atom. The fraction of sp³-hybridized carbons (Fsp3) is 0. The topological polar surface area (TPSA) is 83.5 Å². The molecule has 0 spiro atoms. The summed E-state index contributed by atoms with van der Waals surface area (Å²) in [5, 5.41) is 8.63. The van der Waals surface area contributed by atoms with Crippen LogP contribution in [0.3, 0.4) is 0 Å². The van der Waals surface area contributed by atoms with Crippen molar-refractivity contribution < 1.29 is 14.6 Å². The second-order valence-corrected chi connectivity index (χ2v) is 2.02. The molecule has 0 aliphatic heterocycles. The summed E-state index contributed by atoms with van der Waals surface area (Å²) in [6, 6.07) is 7.98. The molecule has 0 N–H and O–H groups in total. The lowest BCUT2D eigenvalue weighted by Gasteiger charge is -1.97. The van der Waals surface area contributed by atoms with E-state index in [1.54, 1.807) is 18.2 Å². The minimum atomic E-state index is -1.24. The molecule has 0 heterocycles. The SMILES string of the molecule is O=C([N][N+](=O)[O-])Oc1ccccc1. The zero-order chi connectivity index (χ0) is 9.68. The molecule has 67 valence electrons. The fourth-order valence-corrected chi connectivity index (χ4v) is 0.676. The molecule has 1 aromatic rings. The molecule has 0 unspecified atom stereocenters. The summed E-state index contributed by atoms with van der Waals surface area (Å²) in [6.07, 6.45) is -1.24. The predicted octanol–water partition coefficient (Wildman–Crippen LogP) is 0.981. The Balaban J connectivity index is 2.50. The molecule has 6 nitrogen and oxygen atoms in total. The smallest absolute Gasteiger partial charge is 0.405 e. The van der Waals surface area contributed by atoms with Gasteiger partial charge in [0.2, 0.25) is 0 Å². The van der Waals surface area contributed by atoms with E-state index in [1.807, 2.05) is 0 Å². The van der Waals surface area contributed by atoms with Gasteiger partial charge in [0.25, 0.3) is 0 Å². The Kier molecular flexibility index (Phi) is 2.80. The van der Waals surface area contributed by atoms with Crippen molar-refractivity contribution in [2.75, 3.05) is 0 Å². The van der Waals surface area contributed by atoms with Crippen LogP contribution in [0.4, 0.5) is 4.79 Å². The quantitative estimate of drug-likeness (QED) is 0.502. The molecule has 0 fully saturated rings. The predicted molar refractivity (Wildman–Crippen MR) is 41.6 cm³/mol. The number of carbonyl (C=O) groups is 1. The second-order valence-electron chi connectivity index (χ2n) is 2.02. The second kappa shape index (κ2) is 4.05. The Morgan fingerprint density at radius 3 is 2.54 bits per heavy atom. The van der Waals surface area contributed by atoms with Crippen LogP contribution in [0.5, 0.6) is 5.75 Å². The van der Waals surface area contributed by atoms with Crippen LogP contribution >= 0.6 is 0 Å². The normalized spacial score (nSPS) is 8.92. The molecule has 13 heavy (non-hydrogen) atoms. The van der Waals surface area contributed by atoms with E-state index >= 15 is 0 Å². The molecule has 1 radical (unpaired) electrons. The van der Waals surface area contributed by atoms with E-state index in [0.29, 0.717) is 0 Å². The molecule has 0 bridgehead atoms. The van der Waals surface area contributed by atoms with Crippen LogP contribution in [-0.2, 0) is 0 Å². The van der Waals surface area contributed by atoms with E-state index in [9.17, 15) is 14.9 Å². The molecular weight excluding hydrogens is 176 g/mol. The van der Waals surface area contributed by atoms with Gasteiger partial charge in [-0.25, -0.2) is 14.9 Å². The Hall–Kier alpha value is -2.11. The molecule has 0 saturated carbocycles. The van der Waals surface area contributed by atoms with Gasteiger partial charge in [0, 0.05) is 0 Å². The number of ether oxygens (including phenoxy) is 1. The number of amides is 1. The first kappa shape index (κ1) is 8.98. The van der Waals surface area contributed by atoms with E-state index in [0.717, 1.165) is 0 Å². The van der Waals surface area contributed by atoms with Crippen molar-refractivity contribution in [2.24, 2.45) is 0 Å². The molecule has 1 aromatic carbocycles. The first-order valence-electron chi connectivity index (χ1n) is 3.31. The van der Waals surface area contributed by atoms with Crippen molar-refractivity contribution in [3.8, 4) is 5.75 Å². The number of hydrogen-bond donors (Lipinski definition) is 0. The first-order valence-corrected chi connectivity index (χ1v) is 3.31. The van der Waals surface area contributed by atoms with Gasteiger partial charge in [0.1, 0.15) is 5.75 Å². The summed E-state index contributed by atoms with van der Waals surface area (Å²) in [6.45, 7) is 0. The lowest BCUT2D eigenvalue weighted by atomic mass is 10.3. The van der Waals surface area contributed by atoms with Crippen molar-refractivity contribution in [2.45, 2.75) is 0 Å². The van der Waals surface area contributed by atoms with E-state index in [-0.39, 0.29) is 5.75 Å². The highest BCUT2D eigenvalue weighted by Gasteiger charge is 2.13. The minimum absolute atomic E-state index is 0.220. The van der Waals surface area contributed by atoms with Crippen LogP contribution in [-0.4, -0.2) is 11.1 Å². The third-order valence-electron chi connectivity index (χ3n) is 1.11. The largest absolute Gasteiger partial charge is 0.502 e. The first-order chi connectivity index (χ1) is 6.18. The van der Waals surface area contributed by atoms with Crippen LogP contribution in [0.1, 0.15) is 0 Å². The molecule has 1 amide bonds. The molecule has 0 aliphatic rings. The number of carbonyl (C=O) groups excluding carboxylic acids is 1. The lowest BCUT2D eigenvalue weighted by molar-refractivity contribution is -0.534. The van der Waals surface area contributed by atoms with Crippen molar-refractivity contribution in [1.29, 1.82) is 0 Å². The van der Waals surface area contributed by atoms with Gasteiger partial charge in [-0.05, 0) is 12.1 Å². The average Bonchev–Trinajstić information content (AvgIpc) is 2.04. The van der Waals surface area contributed by atoms with Gasteiger partial charge in [-0.15, -0.1) is 0 Å². The summed E-state index contributed by atoms with van der Waals surface area (Å²) in [5.41, 5.74) is 2.43. The van der Waals surface area contributed by atoms with Gasteiger partial charge >= 0.3 is 6.09 Å². The Labute approximate surface area is 73.2 Å². The summed E-state index contributed by atoms with van der Waals surface area (Å²) < 4.78 is 4.48. The summed E-state index contributed by atoms with van der Waals surface area (Å²) in [4.78, 5) is 20.3. The fourth-order valence-electron chi connectivity index (χ4n) is 0.676. The van der Waals surface area contributed by atoms with Crippen LogP contribution in [0.15, 0.2) is 30.3 Å². The molecule has 1 rings (SSSR count). The zero-order valence-electron chi connectivity index (χ0n) is 6.41. The van der Waals surface area contributed by atoms with Gasteiger partial charge in [0.15, 0.2) is 10.5 Å². The van der Waals surface area contributed by atoms with Crippen molar-refractivity contribution >= 4 is 6.09 Å². The summed E-state index contributed by atoms with van der Waals surface area (Å²) >= 11 is 0. The monoisotopic (exact) mass is 181 g/mol. The highest BCUT2D eigenvalue weighted by molar-refractivity contribution is 5.68. The summed E-state index contributed by atoms with van der Waals surface area (Å²) in [7, 11) is 0. The molecular formula is C7H5N2O4. The van der Waals surface area contributed by atoms with Gasteiger partial charge < -0.3 is 4.74 Å². The molecule has 0 aromatic heterocycles. The number of para-hydroxylation sites is 1. The van der Waals surface area contributed by atoms with Crippen LogP contribution < -0.4 is 10.2 Å². The van der Waals surface area contributed by atoms with E-state index < -0.39 is 11.1 Å². The molecule has 6 heteroatoms. The number of nitrogens with zero attached hydrogens (tertiary/aromatic N) is 2. The lowest BCUT2D eigenvalue weighted by Crippen LogP contribution is -2.24. The summed E-state index contributed by atoms with van der Waals surface area (Å²) in [5.74, 6) is 0.220. The molecule has 0 saturated heterocycles. The average molecular weight is 181 g/mol. The van der Waals surface area contributed by atoms with Crippen molar-refractivity contribution in [1.82, 2.24) is 5.43 Å². The van der Waals surface area contributed by atoms with Crippen molar-refractivity contribution in [3.63, 3.8) is 0 Å². The van der Waals surface area contributed by atoms with E-state index in [1.165, 1.54) is 12.1 Å². The van der Waals surface area contributed by atoms with Crippen LogP contribution in [0, 0.1) is 10.1 Å². The van der Waals surface area contributed by atoms with Crippen LogP contribution in [0.25, 0.3) is 0 Å². The highest BCUT2D eigenvalue weighted by atomic mass is 16.7. The maximum absolute atomic E-state index is 10.6. The van der Waals surface area contributed by atoms with Gasteiger partial charge in [0.05, 0.1) is 0 Å². The maximum atomic E-state index is 10.6. The number of nitro groups is 1. The highest BCUT2D eigenvalue weighted by Crippen LogP contribution is 2.07. The number of hydrogen-bond acceptors (Lipinski definition) is 4. The van der Waals surface area contributed by atoms with E-state index in [2.05, 4.69) is 10.2 Å². The van der Waals surface area contributed by atoms with Gasteiger partial charge in [-0.2, -0.15) is 0 Å². The zero-order valence-corrected chi connectivity index (χ0v) is 6.41. The van der Waals surface area contributed by atoms with Gasteiger partial charge in [-0.3, -0.25) is 0 Å². The maximum Gasteiger partial charge on any atom is 0.502 e. The Bertz CT molecular complexity index is 312. The number of rotatable bonds is 2. The number of benzene rings is 1. The van der Waals surface area contributed by atoms with Gasteiger partial charge in [-0.1, -0.05) is 18.2 Å². The third-order valence-corrected chi connectivity index (χ3v) is 1.11. The standard InChI is InChI=1S/C7H5N2O4/c10-7(8-9(11)12)13-6-4-2-1-3-5-6/h1-5H.